The summed E-state index contributed by atoms with van der Waals surface area (Å²) < 4.78 is 25.7. The van der Waals surface area contributed by atoms with Gasteiger partial charge in [0.2, 0.25) is 0 Å². The topological polar surface area (TPSA) is 77.9 Å². The average Bonchev–Trinajstić information content (AvgIpc) is 2.26. The highest BCUT2D eigenvalue weighted by Gasteiger charge is 2.26. The predicted octanol–water partition coefficient (Wildman–Crippen LogP) is 0.384. The van der Waals surface area contributed by atoms with Gasteiger partial charge in [-0.05, 0) is 12.1 Å². The van der Waals surface area contributed by atoms with Crippen LogP contribution in [0.2, 0.25) is 0 Å². The van der Waals surface area contributed by atoms with E-state index < -0.39 is 22.7 Å². The Morgan fingerprint density at radius 3 is 2.18 bits per heavy atom. The molecule has 0 aromatic heterocycles. The van der Waals surface area contributed by atoms with E-state index in [-0.39, 0.29) is 0 Å². The lowest BCUT2D eigenvalue weighted by molar-refractivity contribution is -0.135. The van der Waals surface area contributed by atoms with Crippen molar-refractivity contribution in [3.05, 3.63) is 30.3 Å². The van der Waals surface area contributed by atoms with Gasteiger partial charge in [0.05, 0.1) is 5.69 Å². The summed E-state index contributed by atoms with van der Waals surface area (Å²) in [6.45, 7) is -0.607. The lowest BCUT2D eigenvalue weighted by Crippen LogP contribution is -2.42. The zero-order chi connectivity index (χ0) is 13.1. The van der Waals surface area contributed by atoms with Gasteiger partial charge in [0.25, 0.3) is 0 Å². The highest BCUT2D eigenvalue weighted by atomic mass is 32.2. The van der Waals surface area contributed by atoms with E-state index >= 15 is 0 Å². The number of rotatable bonds is 5. The minimum atomic E-state index is -3.80. The summed E-state index contributed by atoms with van der Waals surface area (Å²) in [6, 6.07) is 8.11. The van der Waals surface area contributed by atoms with E-state index in [9.17, 15) is 13.2 Å². The van der Waals surface area contributed by atoms with Gasteiger partial charge in [-0.15, -0.1) is 0 Å². The number of hydrogen-bond acceptors (Lipinski definition) is 3. The van der Waals surface area contributed by atoms with Crippen LogP contribution < -0.4 is 4.31 Å². The van der Waals surface area contributed by atoms with Gasteiger partial charge in [-0.3, -0.25) is 4.79 Å². The van der Waals surface area contributed by atoms with Gasteiger partial charge < -0.3 is 5.11 Å². The van der Waals surface area contributed by atoms with Gasteiger partial charge in [0.1, 0.15) is 6.54 Å². The number of nitrogens with zero attached hydrogens (tertiary/aromatic N) is 2. The first-order valence-corrected chi connectivity index (χ1v) is 6.22. The molecule has 7 heteroatoms. The highest BCUT2D eigenvalue weighted by molar-refractivity contribution is 7.90. The van der Waals surface area contributed by atoms with E-state index in [0.29, 0.717) is 5.69 Å². The van der Waals surface area contributed by atoms with Crippen LogP contribution in [0.3, 0.4) is 0 Å². The number of carbonyl (C=O) groups is 1. The van der Waals surface area contributed by atoms with Gasteiger partial charge in [-0.1, -0.05) is 18.2 Å². The molecule has 0 fully saturated rings. The molecule has 6 nitrogen and oxygen atoms in total. The number of carboxylic acid groups (broad SMARTS) is 1. The van der Waals surface area contributed by atoms with E-state index in [4.69, 9.17) is 5.11 Å². The molecule has 0 amide bonds. The van der Waals surface area contributed by atoms with Crippen LogP contribution in [0.5, 0.6) is 0 Å². The fourth-order valence-electron chi connectivity index (χ4n) is 1.22. The largest absolute Gasteiger partial charge is 0.480 e. The van der Waals surface area contributed by atoms with Gasteiger partial charge >= 0.3 is 16.2 Å². The van der Waals surface area contributed by atoms with Crippen LogP contribution in [0.1, 0.15) is 0 Å². The van der Waals surface area contributed by atoms with E-state index in [1.54, 1.807) is 30.3 Å². The second-order valence-electron chi connectivity index (χ2n) is 3.53. The molecule has 0 radical (unpaired) electrons. The van der Waals surface area contributed by atoms with Crippen LogP contribution in [0.4, 0.5) is 5.69 Å². The number of carboxylic acids is 1. The fourth-order valence-corrected chi connectivity index (χ4v) is 2.28. The monoisotopic (exact) mass is 258 g/mol. The summed E-state index contributed by atoms with van der Waals surface area (Å²) >= 11 is 0. The predicted molar refractivity (Wildman–Crippen MR) is 64.0 cm³/mol. The van der Waals surface area contributed by atoms with Crippen LogP contribution >= 0.6 is 0 Å². The number of aliphatic carboxylic acids is 1. The van der Waals surface area contributed by atoms with Crippen LogP contribution in [-0.2, 0) is 15.0 Å². The summed E-state index contributed by atoms with van der Waals surface area (Å²) in [5.41, 5.74) is 0.323. The Morgan fingerprint density at radius 2 is 1.76 bits per heavy atom. The Bertz CT molecular complexity index is 484. The molecular weight excluding hydrogens is 244 g/mol. The molecule has 17 heavy (non-hydrogen) atoms. The summed E-state index contributed by atoms with van der Waals surface area (Å²) in [6.07, 6.45) is 0. The quantitative estimate of drug-likeness (QED) is 0.828. The van der Waals surface area contributed by atoms with E-state index in [1.165, 1.54) is 14.1 Å². The number of hydrogen-bond donors (Lipinski definition) is 1. The van der Waals surface area contributed by atoms with Crippen LogP contribution in [-0.4, -0.2) is 44.4 Å². The van der Waals surface area contributed by atoms with Crippen LogP contribution in [0, 0.1) is 0 Å². The molecule has 0 aliphatic rings. The Balaban J connectivity index is 3.19. The Hall–Kier alpha value is -1.60. The molecule has 1 aromatic carbocycles. The maximum Gasteiger partial charge on any atom is 0.324 e. The summed E-state index contributed by atoms with van der Waals surface area (Å²) in [7, 11) is -1.09. The second-order valence-corrected chi connectivity index (χ2v) is 5.59. The van der Waals surface area contributed by atoms with Crippen molar-refractivity contribution in [3.8, 4) is 0 Å². The van der Waals surface area contributed by atoms with E-state index in [0.717, 1.165) is 8.61 Å². The molecule has 1 N–H and O–H groups in total. The van der Waals surface area contributed by atoms with Crippen molar-refractivity contribution in [2.45, 2.75) is 0 Å². The molecule has 1 aromatic rings. The molecule has 0 unspecified atom stereocenters. The Morgan fingerprint density at radius 1 is 1.24 bits per heavy atom. The SMILES string of the molecule is CN(C)S(=O)(=O)N(CC(=O)O)c1ccccc1. The molecular formula is C10H14N2O4S. The molecule has 1 rings (SSSR count). The van der Waals surface area contributed by atoms with Crippen LogP contribution in [0.15, 0.2) is 30.3 Å². The minimum absolute atomic E-state index is 0.323. The van der Waals surface area contributed by atoms with Gasteiger partial charge in [-0.2, -0.15) is 12.7 Å². The Labute approximate surface area is 100 Å². The average molecular weight is 258 g/mol. The normalized spacial score (nSPS) is 11.5. The van der Waals surface area contributed by atoms with Gasteiger partial charge in [-0.25, -0.2) is 4.31 Å². The van der Waals surface area contributed by atoms with Crippen molar-refractivity contribution in [2.24, 2.45) is 0 Å². The van der Waals surface area contributed by atoms with Crippen molar-refractivity contribution in [1.82, 2.24) is 4.31 Å². The smallest absolute Gasteiger partial charge is 0.324 e. The molecule has 0 heterocycles. The molecule has 0 saturated carbocycles. The van der Waals surface area contributed by atoms with Crippen molar-refractivity contribution < 1.29 is 18.3 Å². The lowest BCUT2D eigenvalue weighted by atomic mass is 10.3. The molecule has 0 bridgehead atoms. The van der Waals surface area contributed by atoms with E-state index in [2.05, 4.69) is 0 Å². The van der Waals surface area contributed by atoms with E-state index in [1.807, 2.05) is 0 Å². The summed E-state index contributed by atoms with van der Waals surface area (Å²) in [4.78, 5) is 10.7. The molecule has 0 aliphatic heterocycles. The molecule has 94 valence electrons. The third-order valence-electron chi connectivity index (χ3n) is 2.06. The highest BCUT2D eigenvalue weighted by Crippen LogP contribution is 2.18. The van der Waals surface area contributed by atoms with Crippen molar-refractivity contribution in [3.63, 3.8) is 0 Å². The maximum atomic E-state index is 12.0. The zero-order valence-electron chi connectivity index (χ0n) is 9.57. The number of anilines is 1. The molecule has 0 aliphatic carbocycles. The fraction of sp³-hybridized carbons (Fsp3) is 0.300. The zero-order valence-corrected chi connectivity index (χ0v) is 10.4. The summed E-state index contributed by atoms with van der Waals surface area (Å²) in [5, 5.41) is 8.77. The van der Waals surface area contributed by atoms with Crippen molar-refractivity contribution >= 4 is 21.9 Å². The van der Waals surface area contributed by atoms with Crippen molar-refractivity contribution in [2.75, 3.05) is 24.9 Å². The van der Waals surface area contributed by atoms with Gasteiger partial charge in [0, 0.05) is 14.1 Å². The molecule has 0 saturated heterocycles. The summed E-state index contributed by atoms with van der Waals surface area (Å²) in [5.74, 6) is -1.21. The molecule has 0 atom stereocenters. The molecule has 0 spiro atoms. The Kier molecular flexibility index (Phi) is 4.08. The maximum absolute atomic E-state index is 12.0. The van der Waals surface area contributed by atoms with Gasteiger partial charge in [0.15, 0.2) is 0 Å². The first-order valence-electron chi connectivity index (χ1n) is 4.82. The van der Waals surface area contributed by atoms with Crippen molar-refractivity contribution in [1.29, 1.82) is 0 Å². The first-order chi connectivity index (χ1) is 7.85. The standard InChI is InChI=1S/C10H14N2O4S/c1-11(2)17(15,16)12(8-10(13)14)9-6-4-3-5-7-9/h3-7H,8H2,1-2H3,(H,13,14). The number of para-hydroxylation sites is 1. The second kappa shape index (κ2) is 5.15. The number of benzene rings is 1. The third kappa shape index (κ3) is 3.18. The van der Waals surface area contributed by atoms with Crippen LogP contribution in [0.25, 0.3) is 0 Å². The lowest BCUT2D eigenvalue weighted by Gasteiger charge is -2.25. The first kappa shape index (κ1) is 13.5. The minimum Gasteiger partial charge on any atom is -0.480 e. The third-order valence-corrected chi connectivity index (χ3v) is 3.88.